The van der Waals surface area contributed by atoms with Crippen LogP contribution in [-0.4, -0.2) is 28.1 Å². The van der Waals surface area contributed by atoms with E-state index in [1.165, 1.54) is 19.2 Å². The summed E-state index contributed by atoms with van der Waals surface area (Å²) in [5.74, 6) is -0.584. The summed E-state index contributed by atoms with van der Waals surface area (Å²) in [5.41, 5.74) is 1.40. The molecule has 2 atom stereocenters. The molecule has 1 aliphatic heterocycles. The Labute approximate surface area is 147 Å². The van der Waals surface area contributed by atoms with Gasteiger partial charge in [-0.1, -0.05) is 30.3 Å². The number of ether oxygens (including phenoxy) is 1. The lowest BCUT2D eigenvalue weighted by Gasteiger charge is -2.31. The Morgan fingerprint density at radius 1 is 1.16 bits per heavy atom. The van der Waals surface area contributed by atoms with Crippen molar-refractivity contribution in [2.45, 2.75) is 29.9 Å². The van der Waals surface area contributed by atoms with Gasteiger partial charge in [-0.25, -0.2) is 17.5 Å². The van der Waals surface area contributed by atoms with Gasteiger partial charge in [0.25, 0.3) is 0 Å². The van der Waals surface area contributed by atoms with E-state index in [4.69, 9.17) is 4.74 Å². The summed E-state index contributed by atoms with van der Waals surface area (Å²) in [6.07, 6.45) is 1.46. The normalized spacial score (nSPS) is 21.0. The van der Waals surface area contributed by atoms with Gasteiger partial charge < -0.3 is 10.1 Å². The van der Waals surface area contributed by atoms with Crippen LogP contribution in [0.2, 0.25) is 0 Å². The predicted molar refractivity (Wildman–Crippen MR) is 94.4 cm³/mol. The lowest BCUT2D eigenvalue weighted by atomic mass is 9.97. The zero-order chi connectivity index (χ0) is 17.9. The van der Waals surface area contributed by atoms with Crippen LogP contribution < -0.4 is 10.0 Å². The molecule has 1 fully saturated rings. The number of rotatable bonds is 5. The molecule has 1 aliphatic rings. The Morgan fingerprint density at radius 2 is 1.92 bits per heavy atom. The van der Waals surface area contributed by atoms with Crippen LogP contribution in [0.15, 0.2) is 53.4 Å². The number of hydrogen-bond acceptors (Lipinski definition) is 4. The molecule has 2 unspecified atom stereocenters. The summed E-state index contributed by atoms with van der Waals surface area (Å²) in [7, 11) is -2.36. The molecule has 0 amide bonds. The first-order valence-corrected chi connectivity index (χ1v) is 9.64. The summed E-state index contributed by atoms with van der Waals surface area (Å²) in [6.45, 7) is 0.588. The van der Waals surface area contributed by atoms with Crippen molar-refractivity contribution in [2.75, 3.05) is 19.0 Å². The van der Waals surface area contributed by atoms with E-state index >= 15 is 0 Å². The van der Waals surface area contributed by atoms with Crippen molar-refractivity contribution >= 4 is 15.7 Å². The molecular weight excluding hydrogens is 343 g/mol. The number of sulfonamides is 1. The van der Waals surface area contributed by atoms with Crippen LogP contribution in [0.3, 0.4) is 0 Å². The van der Waals surface area contributed by atoms with Gasteiger partial charge in [-0.2, -0.15) is 0 Å². The Bertz CT molecular complexity index is 827. The molecule has 2 aromatic carbocycles. The molecule has 1 saturated heterocycles. The fourth-order valence-corrected chi connectivity index (χ4v) is 3.69. The minimum Gasteiger partial charge on any atom is -0.380 e. The van der Waals surface area contributed by atoms with Crippen LogP contribution in [0.5, 0.6) is 0 Å². The molecular formula is C18H21FN2O3S. The van der Waals surface area contributed by atoms with Crippen LogP contribution in [0.4, 0.5) is 10.1 Å². The number of halogens is 1. The molecule has 2 N–H and O–H groups in total. The first-order valence-electron chi connectivity index (χ1n) is 8.16. The van der Waals surface area contributed by atoms with Crippen molar-refractivity contribution in [2.24, 2.45) is 0 Å². The number of nitrogens with one attached hydrogen (secondary N) is 2. The van der Waals surface area contributed by atoms with E-state index in [9.17, 15) is 12.8 Å². The topological polar surface area (TPSA) is 67.4 Å². The van der Waals surface area contributed by atoms with Gasteiger partial charge in [0, 0.05) is 12.6 Å². The van der Waals surface area contributed by atoms with E-state index in [2.05, 4.69) is 10.0 Å². The summed E-state index contributed by atoms with van der Waals surface area (Å²) in [4.78, 5) is -0.0906. The van der Waals surface area contributed by atoms with Crippen LogP contribution >= 0.6 is 0 Å². The van der Waals surface area contributed by atoms with Gasteiger partial charge >= 0.3 is 0 Å². The molecule has 0 spiro atoms. The molecule has 5 nitrogen and oxygen atoms in total. The van der Waals surface area contributed by atoms with Gasteiger partial charge in [-0.15, -0.1) is 0 Å². The molecule has 0 radical (unpaired) electrons. The SMILES string of the molecule is CNS(=O)(=O)c1ccc(NC2CCOC(c3ccccc3)C2)c(F)c1. The van der Waals surface area contributed by atoms with Crippen molar-refractivity contribution in [3.8, 4) is 0 Å². The van der Waals surface area contributed by atoms with E-state index in [1.54, 1.807) is 0 Å². The molecule has 2 aromatic rings. The van der Waals surface area contributed by atoms with Gasteiger partial charge in [-0.05, 0) is 43.7 Å². The smallest absolute Gasteiger partial charge is 0.240 e. The first-order chi connectivity index (χ1) is 12.0. The fraction of sp³-hybridized carbons (Fsp3) is 0.333. The van der Waals surface area contributed by atoms with Crippen molar-refractivity contribution in [3.05, 3.63) is 59.9 Å². The van der Waals surface area contributed by atoms with Crippen LogP contribution in [0, 0.1) is 5.82 Å². The van der Waals surface area contributed by atoms with Crippen molar-refractivity contribution < 1.29 is 17.5 Å². The van der Waals surface area contributed by atoms with E-state index < -0.39 is 15.8 Å². The molecule has 7 heteroatoms. The number of anilines is 1. The van der Waals surface area contributed by atoms with E-state index in [0.717, 1.165) is 24.5 Å². The van der Waals surface area contributed by atoms with Gasteiger partial charge in [0.1, 0.15) is 5.82 Å². The second-order valence-corrected chi connectivity index (χ2v) is 7.87. The maximum absolute atomic E-state index is 14.3. The van der Waals surface area contributed by atoms with Crippen molar-refractivity contribution in [3.63, 3.8) is 0 Å². The minimum absolute atomic E-state index is 0.0283. The standard InChI is InChI=1S/C18H21FN2O3S/c1-20-25(22,23)15-7-8-17(16(19)12-15)21-14-9-10-24-18(11-14)13-5-3-2-4-6-13/h2-8,12,14,18,20-21H,9-11H2,1H3. The second kappa shape index (κ2) is 7.51. The zero-order valence-electron chi connectivity index (χ0n) is 13.9. The lowest BCUT2D eigenvalue weighted by Crippen LogP contribution is -2.30. The molecule has 0 bridgehead atoms. The van der Waals surface area contributed by atoms with Crippen molar-refractivity contribution in [1.29, 1.82) is 0 Å². The highest BCUT2D eigenvalue weighted by Gasteiger charge is 2.24. The molecule has 0 aromatic heterocycles. The van der Waals surface area contributed by atoms with E-state index in [0.29, 0.717) is 12.3 Å². The van der Waals surface area contributed by atoms with Crippen LogP contribution in [0.25, 0.3) is 0 Å². The molecule has 0 aliphatic carbocycles. The Balaban J connectivity index is 1.72. The Morgan fingerprint density at radius 3 is 2.60 bits per heavy atom. The second-order valence-electron chi connectivity index (χ2n) is 5.98. The van der Waals surface area contributed by atoms with Crippen LogP contribution in [0.1, 0.15) is 24.5 Å². The zero-order valence-corrected chi connectivity index (χ0v) is 14.7. The molecule has 25 heavy (non-hydrogen) atoms. The number of benzene rings is 2. The third-order valence-electron chi connectivity index (χ3n) is 4.33. The van der Waals surface area contributed by atoms with Gasteiger partial charge in [0.15, 0.2) is 0 Å². The minimum atomic E-state index is -3.65. The summed E-state index contributed by atoms with van der Waals surface area (Å²) in [6, 6.07) is 13.9. The third kappa shape index (κ3) is 4.18. The summed E-state index contributed by atoms with van der Waals surface area (Å²) >= 11 is 0. The van der Waals surface area contributed by atoms with Crippen molar-refractivity contribution in [1.82, 2.24) is 4.72 Å². The summed E-state index contributed by atoms with van der Waals surface area (Å²) in [5, 5.41) is 3.18. The summed E-state index contributed by atoms with van der Waals surface area (Å²) < 4.78 is 45.8. The highest BCUT2D eigenvalue weighted by atomic mass is 32.2. The quantitative estimate of drug-likeness (QED) is 0.856. The molecule has 0 saturated carbocycles. The van der Waals surface area contributed by atoms with Gasteiger partial charge in [-0.3, -0.25) is 0 Å². The average molecular weight is 364 g/mol. The third-order valence-corrected chi connectivity index (χ3v) is 5.75. The highest BCUT2D eigenvalue weighted by Crippen LogP contribution is 2.30. The van der Waals surface area contributed by atoms with Crippen LogP contribution in [-0.2, 0) is 14.8 Å². The lowest BCUT2D eigenvalue weighted by molar-refractivity contribution is 0.00975. The van der Waals surface area contributed by atoms with Gasteiger partial charge in [0.05, 0.1) is 16.7 Å². The maximum atomic E-state index is 14.3. The first kappa shape index (κ1) is 17.8. The number of hydrogen-bond donors (Lipinski definition) is 2. The largest absolute Gasteiger partial charge is 0.380 e. The monoisotopic (exact) mass is 364 g/mol. The molecule has 3 rings (SSSR count). The highest BCUT2D eigenvalue weighted by molar-refractivity contribution is 7.89. The van der Waals surface area contributed by atoms with E-state index in [-0.39, 0.29) is 17.0 Å². The Kier molecular flexibility index (Phi) is 5.36. The molecule has 1 heterocycles. The Hall–Kier alpha value is -1.96. The fourth-order valence-electron chi connectivity index (χ4n) is 2.95. The maximum Gasteiger partial charge on any atom is 0.240 e. The van der Waals surface area contributed by atoms with Gasteiger partial charge in [0.2, 0.25) is 10.0 Å². The molecule has 134 valence electrons. The van der Waals surface area contributed by atoms with E-state index in [1.807, 2.05) is 30.3 Å². The average Bonchev–Trinajstić information content (AvgIpc) is 2.64. The predicted octanol–water partition coefficient (Wildman–Crippen LogP) is 3.07.